The van der Waals surface area contributed by atoms with E-state index in [-0.39, 0.29) is 22.3 Å². The summed E-state index contributed by atoms with van der Waals surface area (Å²) in [5.41, 5.74) is -1.53. The number of hydrogen-bond acceptors (Lipinski definition) is 4. The largest absolute Gasteiger partial charge is 0.484 e. The summed E-state index contributed by atoms with van der Waals surface area (Å²) in [6.45, 7) is -0.484. The van der Waals surface area contributed by atoms with Gasteiger partial charge in [0.1, 0.15) is 17.1 Å². The minimum atomic E-state index is -4.95. The maximum Gasteiger partial charge on any atom is 0.450 e. The predicted octanol–water partition coefficient (Wildman–Crippen LogP) is 6.29. The first-order chi connectivity index (χ1) is 16.1. The van der Waals surface area contributed by atoms with Crippen LogP contribution in [0.5, 0.6) is 5.75 Å². The van der Waals surface area contributed by atoms with E-state index in [0.717, 1.165) is 6.07 Å². The molecule has 0 saturated carbocycles. The molecule has 5 nitrogen and oxygen atoms in total. The summed E-state index contributed by atoms with van der Waals surface area (Å²) in [6.07, 6.45) is -4.95. The summed E-state index contributed by atoms with van der Waals surface area (Å²) >= 11 is 5.80. The molecule has 0 spiro atoms. The average molecular weight is 492 g/mol. The second kappa shape index (κ2) is 9.18. The Morgan fingerprint density at radius 2 is 1.68 bits per heavy atom. The van der Waals surface area contributed by atoms with Crippen molar-refractivity contribution < 1.29 is 31.5 Å². The van der Waals surface area contributed by atoms with Gasteiger partial charge in [-0.05, 0) is 54.1 Å². The normalized spacial score (nSPS) is 11.4. The fraction of sp³-hybridized carbons (Fsp3) is 0.0833. The van der Waals surface area contributed by atoms with Crippen molar-refractivity contribution in [3.8, 4) is 16.9 Å². The van der Waals surface area contributed by atoms with Gasteiger partial charge in [0.2, 0.25) is 11.2 Å². The van der Waals surface area contributed by atoms with Gasteiger partial charge >= 0.3 is 6.18 Å². The Hall–Kier alpha value is -3.85. The third kappa shape index (κ3) is 5.04. The number of fused-ring (bicyclic) bond motifs is 1. The Balaban J connectivity index is 1.64. The number of halogens is 5. The molecule has 0 saturated heterocycles. The lowest BCUT2D eigenvalue weighted by Crippen LogP contribution is -2.20. The Kier molecular flexibility index (Phi) is 6.30. The van der Waals surface area contributed by atoms with E-state index in [1.807, 2.05) is 0 Å². The molecule has 0 radical (unpaired) electrons. The molecule has 0 unspecified atom stereocenters. The van der Waals surface area contributed by atoms with Gasteiger partial charge < -0.3 is 14.5 Å². The number of ether oxygens (including phenoxy) is 1. The Morgan fingerprint density at radius 1 is 1.00 bits per heavy atom. The van der Waals surface area contributed by atoms with Crippen molar-refractivity contribution in [2.45, 2.75) is 6.18 Å². The number of rotatable bonds is 5. The summed E-state index contributed by atoms with van der Waals surface area (Å²) in [7, 11) is 0. The molecule has 3 aromatic carbocycles. The molecule has 174 valence electrons. The zero-order valence-corrected chi connectivity index (χ0v) is 17.8. The Bertz CT molecular complexity index is 1410. The summed E-state index contributed by atoms with van der Waals surface area (Å²) in [5.74, 6) is -2.50. The molecule has 1 aromatic heterocycles. The third-order valence-electron chi connectivity index (χ3n) is 4.75. The highest BCUT2D eigenvalue weighted by Crippen LogP contribution is 2.38. The molecule has 10 heteroatoms. The van der Waals surface area contributed by atoms with Crippen molar-refractivity contribution in [1.29, 1.82) is 0 Å². The zero-order chi connectivity index (χ0) is 24.5. The first-order valence-electron chi connectivity index (χ1n) is 9.74. The van der Waals surface area contributed by atoms with Crippen LogP contribution >= 0.6 is 11.6 Å². The molecule has 0 aliphatic rings. The average Bonchev–Trinajstić information content (AvgIpc) is 2.79. The highest BCUT2D eigenvalue weighted by molar-refractivity contribution is 6.30. The second-order valence-corrected chi connectivity index (χ2v) is 7.58. The van der Waals surface area contributed by atoms with Gasteiger partial charge in [0.15, 0.2) is 6.61 Å². The topological polar surface area (TPSA) is 68.5 Å². The fourth-order valence-electron chi connectivity index (χ4n) is 3.22. The SMILES string of the molecule is O=C(COc1ccc2c(=O)c(-c3ccc(Cl)cc3)c(C(F)(F)F)oc2c1)Nc1ccc(F)cc1. The van der Waals surface area contributed by atoms with E-state index in [1.54, 1.807) is 0 Å². The molecule has 0 atom stereocenters. The Morgan fingerprint density at radius 3 is 2.32 bits per heavy atom. The number of amides is 1. The van der Waals surface area contributed by atoms with Crippen LogP contribution in [0.3, 0.4) is 0 Å². The lowest BCUT2D eigenvalue weighted by atomic mass is 10.0. The van der Waals surface area contributed by atoms with Crippen LogP contribution in [0.1, 0.15) is 5.76 Å². The number of nitrogens with one attached hydrogen (secondary N) is 1. The molecule has 1 heterocycles. The number of benzene rings is 3. The molecule has 4 aromatic rings. The maximum atomic E-state index is 13.7. The molecule has 1 amide bonds. The Labute approximate surface area is 194 Å². The molecule has 0 bridgehead atoms. The molecule has 0 fully saturated rings. The van der Waals surface area contributed by atoms with Crippen LogP contribution in [0.15, 0.2) is 75.9 Å². The first-order valence-corrected chi connectivity index (χ1v) is 10.1. The van der Waals surface area contributed by atoms with Crippen molar-refractivity contribution in [3.05, 3.63) is 93.6 Å². The molecular formula is C24H14ClF4NO4. The molecule has 34 heavy (non-hydrogen) atoms. The highest BCUT2D eigenvalue weighted by atomic mass is 35.5. The number of hydrogen-bond donors (Lipinski definition) is 1. The van der Waals surface area contributed by atoms with Gasteiger partial charge in [-0.2, -0.15) is 13.2 Å². The summed E-state index contributed by atoms with van der Waals surface area (Å²) in [5, 5.41) is 2.68. The van der Waals surface area contributed by atoms with Crippen molar-refractivity contribution in [2.24, 2.45) is 0 Å². The minimum absolute atomic E-state index is 0.00478. The van der Waals surface area contributed by atoms with E-state index >= 15 is 0 Å². The van der Waals surface area contributed by atoms with Gasteiger partial charge in [-0.25, -0.2) is 4.39 Å². The van der Waals surface area contributed by atoms with Gasteiger partial charge in [0.05, 0.1) is 10.9 Å². The van der Waals surface area contributed by atoms with Crippen LogP contribution < -0.4 is 15.5 Å². The van der Waals surface area contributed by atoms with E-state index in [1.165, 1.54) is 60.7 Å². The van der Waals surface area contributed by atoms with Crippen molar-refractivity contribution in [2.75, 3.05) is 11.9 Å². The number of anilines is 1. The van der Waals surface area contributed by atoms with Gasteiger partial charge in [-0.15, -0.1) is 0 Å². The summed E-state index contributed by atoms with van der Waals surface area (Å²) < 4.78 is 64.6. The highest BCUT2D eigenvalue weighted by Gasteiger charge is 2.39. The van der Waals surface area contributed by atoms with Gasteiger partial charge in [0.25, 0.3) is 5.91 Å². The number of carbonyl (C=O) groups is 1. The molecule has 1 N–H and O–H groups in total. The smallest absolute Gasteiger partial charge is 0.450 e. The number of alkyl halides is 3. The van der Waals surface area contributed by atoms with Crippen LogP contribution in [-0.4, -0.2) is 12.5 Å². The number of carbonyl (C=O) groups excluding carboxylic acids is 1. The third-order valence-corrected chi connectivity index (χ3v) is 5.00. The van der Waals surface area contributed by atoms with Gasteiger partial charge in [-0.3, -0.25) is 9.59 Å². The summed E-state index contributed by atoms with van der Waals surface area (Å²) in [4.78, 5) is 25.0. The molecular weight excluding hydrogens is 478 g/mol. The van der Waals surface area contributed by atoms with Crippen LogP contribution in [0.4, 0.5) is 23.2 Å². The molecule has 4 rings (SSSR count). The van der Waals surface area contributed by atoms with Crippen molar-refractivity contribution >= 4 is 34.2 Å². The quantitative estimate of drug-likeness (QED) is 0.333. The van der Waals surface area contributed by atoms with E-state index < -0.39 is 41.3 Å². The standard InChI is InChI=1S/C24H14ClF4NO4/c25-14-3-1-13(2-4-14)21-22(32)18-10-9-17(11-19(18)34-23(21)24(27,28)29)33-12-20(31)30-16-7-5-15(26)6-8-16/h1-11H,12H2,(H,30,31). The van der Waals surface area contributed by atoms with Crippen LogP contribution in [0.2, 0.25) is 5.02 Å². The lowest BCUT2D eigenvalue weighted by molar-refractivity contribution is -0.152. The zero-order valence-electron chi connectivity index (χ0n) is 17.1. The van der Waals surface area contributed by atoms with Crippen LogP contribution in [0, 0.1) is 5.82 Å². The van der Waals surface area contributed by atoms with E-state index in [0.29, 0.717) is 10.7 Å². The van der Waals surface area contributed by atoms with E-state index in [9.17, 15) is 27.2 Å². The monoisotopic (exact) mass is 491 g/mol. The fourth-order valence-corrected chi connectivity index (χ4v) is 3.35. The van der Waals surface area contributed by atoms with Crippen LogP contribution in [0.25, 0.3) is 22.1 Å². The van der Waals surface area contributed by atoms with E-state index in [2.05, 4.69) is 5.32 Å². The molecule has 0 aliphatic carbocycles. The van der Waals surface area contributed by atoms with Gasteiger partial charge in [0, 0.05) is 16.8 Å². The maximum absolute atomic E-state index is 13.7. The minimum Gasteiger partial charge on any atom is -0.484 e. The molecule has 0 aliphatic heterocycles. The van der Waals surface area contributed by atoms with Gasteiger partial charge in [-0.1, -0.05) is 23.7 Å². The van der Waals surface area contributed by atoms with Crippen molar-refractivity contribution in [1.82, 2.24) is 0 Å². The first kappa shape index (κ1) is 23.3. The lowest BCUT2D eigenvalue weighted by Gasteiger charge is -2.13. The summed E-state index contributed by atoms with van der Waals surface area (Å²) in [6, 6.07) is 14.1. The van der Waals surface area contributed by atoms with Crippen molar-refractivity contribution in [3.63, 3.8) is 0 Å². The van der Waals surface area contributed by atoms with E-state index in [4.69, 9.17) is 20.8 Å². The van der Waals surface area contributed by atoms with Crippen LogP contribution in [-0.2, 0) is 11.0 Å². The predicted molar refractivity (Wildman–Crippen MR) is 118 cm³/mol. The second-order valence-electron chi connectivity index (χ2n) is 7.14.